The molecule has 7 nitrogen and oxygen atoms in total. The fourth-order valence-electron chi connectivity index (χ4n) is 1.09. The van der Waals surface area contributed by atoms with Crippen molar-refractivity contribution in [3.8, 4) is 0 Å². The van der Waals surface area contributed by atoms with Crippen molar-refractivity contribution in [3.63, 3.8) is 0 Å². The Balaban J connectivity index is 2.75. The van der Waals surface area contributed by atoms with Crippen molar-refractivity contribution < 1.29 is 9.53 Å². The first-order chi connectivity index (χ1) is 6.65. The lowest BCUT2D eigenvalue weighted by molar-refractivity contribution is -0.118. The summed E-state index contributed by atoms with van der Waals surface area (Å²) in [6.45, 7) is 0.318. The average molecular weight is 199 g/mol. The zero-order chi connectivity index (χ0) is 10.6. The van der Waals surface area contributed by atoms with E-state index in [0.717, 1.165) is 0 Å². The second kappa shape index (κ2) is 4.68. The number of primary amides is 1. The summed E-state index contributed by atoms with van der Waals surface area (Å²) in [6.07, 6.45) is 1.49. The Hall–Kier alpha value is -1.47. The number of nitrogens with zero attached hydrogens (tertiary/aromatic N) is 3. The van der Waals surface area contributed by atoms with Crippen molar-refractivity contribution in [1.82, 2.24) is 15.0 Å². The molecule has 0 aliphatic heterocycles. The first-order valence-electron chi connectivity index (χ1n) is 4.06. The molecule has 0 aromatic carbocycles. The maximum absolute atomic E-state index is 10.7. The third kappa shape index (κ3) is 2.51. The van der Waals surface area contributed by atoms with Crippen LogP contribution in [0.1, 0.15) is 11.7 Å². The highest BCUT2D eigenvalue weighted by atomic mass is 16.5. The lowest BCUT2D eigenvalue weighted by Crippen LogP contribution is -2.25. The van der Waals surface area contributed by atoms with Crippen LogP contribution in [0.3, 0.4) is 0 Å². The maximum atomic E-state index is 10.7. The molecule has 0 aliphatic carbocycles. The van der Waals surface area contributed by atoms with Crippen LogP contribution in [0.25, 0.3) is 0 Å². The van der Waals surface area contributed by atoms with E-state index in [4.69, 9.17) is 16.2 Å². The summed E-state index contributed by atoms with van der Waals surface area (Å²) in [4.78, 5) is 10.7. The predicted octanol–water partition coefficient (Wildman–Crippen LogP) is -1.59. The molecular weight excluding hydrogens is 186 g/mol. The molecule has 1 atom stereocenters. The minimum Gasteiger partial charge on any atom is -0.383 e. The monoisotopic (exact) mass is 199 g/mol. The Kier molecular flexibility index (Phi) is 3.55. The van der Waals surface area contributed by atoms with Gasteiger partial charge >= 0.3 is 0 Å². The van der Waals surface area contributed by atoms with E-state index in [1.807, 2.05) is 0 Å². The van der Waals surface area contributed by atoms with Crippen LogP contribution in [0.2, 0.25) is 0 Å². The fraction of sp³-hybridized carbons (Fsp3) is 0.571. The molecular formula is C7H13N5O2. The van der Waals surface area contributed by atoms with Crippen LogP contribution in [-0.2, 0) is 16.1 Å². The number of aromatic nitrogens is 3. The molecule has 4 N–H and O–H groups in total. The number of hydrogen-bond acceptors (Lipinski definition) is 5. The van der Waals surface area contributed by atoms with Gasteiger partial charge in [-0.05, 0) is 0 Å². The standard InChI is InChI=1S/C7H13N5O2/c1-14-4-5(8)6-2-10-11-12(6)3-7(9)13/h2,5H,3-4,8H2,1H3,(H2,9,13)/t5-/m0/s1. The number of carbonyl (C=O) groups excluding carboxylic acids is 1. The number of hydrogen-bond donors (Lipinski definition) is 2. The minimum absolute atomic E-state index is 0.0211. The number of methoxy groups -OCH3 is 1. The molecule has 14 heavy (non-hydrogen) atoms. The van der Waals surface area contributed by atoms with Gasteiger partial charge in [0.05, 0.1) is 24.5 Å². The zero-order valence-electron chi connectivity index (χ0n) is 7.88. The van der Waals surface area contributed by atoms with Gasteiger partial charge in [-0.15, -0.1) is 5.10 Å². The SMILES string of the molecule is COC[C@H](N)c1cnnn1CC(N)=O. The van der Waals surface area contributed by atoms with Crippen LogP contribution in [-0.4, -0.2) is 34.6 Å². The van der Waals surface area contributed by atoms with Gasteiger partial charge in [0.25, 0.3) is 0 Å². The van der Waals surface area contributed by atoms with Gasteiger partial charge in [0, 0.05) is 7.11 Å². The van der Waals surface area contributed by atoms with Gasteiger partial charge in [-0.3, -0.25) is 4.79 Å². The van der Waals surface area contributed by atoms with E-state index in [0.29, 0.717) is 12.3 Å². The van der Waals surface area contributed by atoms with Crippen molar-refractivity contribution in [3.05, 3.63) is 11.9 Å². The van der Waals surface area contributed by atoms with Crippen molar-refractivity contribution in [1.29, 1.82) is 0 Å². The summed E-state index contributed by atoms with van der Waals surface area (Å²) in [5.41, 5.74) is 11.4. The predicted molar refractivity (Wildman–Crippen MR) is 48.0 cm³/mol. The molecule has 0 fully saturated rings. The zero-order valence-corrected chi connectivity index (χ0v) is 7.88. The van der Waals surface area contributed by atoms with Gasteiger partial charge in [-0.2, -0.15) is 0 Å². The van der Waals surface area contributed by atoms with E-state index in [2.05, 4.69) is 10.3 Å². The van der Waals surface area contributed by atoms with E-state index in [-0.39, 0.29) is 12.6 Å². The molecule has 1 rings (SSSR count). The molecule has 1 amide bonds. The summed E-state index contributed by atoms with van der Waals surface area (Å²) in [5.74, 6) is -0.485. The molecule has 78 valence electrons. The van der Waals surface area contributed by atoms with E-state index < -0.39 is 5.91 Å². The molecule has 0 unspecified atom stereocenters. The summed E-state index contributed by atoms with van der Waals surface area (Å²) in [5, 5.41) is 7.34. The molecule has 1 heterocycles. The fourth-order valence-corrected chi connectivity index (χ4v) is 1.09. The number of nitrogens with two attached hydrogens (primary N) is 2. The normalized spacial score (nSPS) is 12.7. The number of carbonyl (C=O) groups is 1. The quantitative estimate of drug-likeness (QED) is 0.594. The Bertz CT molecular complexity index is 311. The number of amides is 1. The molecule has 1 aromatic rings. The highest BCUT2D eigenvalue weighted by Gasteiger charge is 2.13. The lowest BCUT2D eigenvalue weighted by Gasteiger charge is -2.10. The molecule has 0 saturated carbocycles. The van der Waals surface area contributed by atoms with Gasteiger partial charge in [0.15, 0.2) is 0 Å². The number of ether oxygens (including phenoxy) is 1. The van der Waals surface area contributed by atoms with Gasteiger partial charge < -0.3 is 16.2 Å². The van der Waals surface area contributed by atoms with Crippen LogP contribution in [0.15, 0.2) is 6.20 Å². The molecule has 7 heteroatoms. The molecule has 0 radical (unpaired) electrons. The molecule has 0 bridgehead atoms. The second-order valence-electron chi connectivity index (χ2n) is 2.84. The Morgan fingerprint density at radius 3 is 3.07 bits per heavy atom. The highest BCUT2D eigenvalue weighted by molar-refractivity contribution is 5.73. The summed E-state index contributed by atoms with van der Waals surface area (Å²) in [6, 6.07) is -0.352. The third-order valence-electron chi connectivity index (χ3n) is 1.68. The Morgan fingerprint density at radius 2 is 2.50 bits per heavy atom. The van der Waals surface area contributed by atoms with Crippen molar-refractivity contribution >= 4 is 5.91 Å². The Morgan fingerprint density at radius 1 is 1.79 bits per heavy atom. The van der Waals surface area contributed by atoms with Crippen LogP contribution in [0, 0.1) is 0 Å². The third-order valence-corrected chi connectivity index (χ3v) is 1.68. The van der Waals surface area contributed by atoms with Crippen LogP contribution < -0.4 is 11.5 Å². The largest absolute Gasteiger partial charge is 0.383 e. The topological polar surface area (TPSA) is 109 Å². The van der Waals surface area contributed by atoms with Gasteiger partial charge in [0.2, 0.25) is 5.91 Å². The first-order valence-corrected chi connectivity index (χ1v) is 4.06. The molecule has 1 aromatic heterocycles. The Labute approximate surface area is 81.0 Å². The summed E-state index contributed by atoms with van der Waals surface area (Å²) in [7, 11) is 1.54. The molecule has 0 aliphatic rings. The first kappa shape index (κ1) is 10.6. The van der Waals surface area contributed by atoms with Crippen molar-refractivity contribution in [2.75, 3.05) is 13.7 Å². The summed E-state index contributed by atoms with van der Waals surface area (Å²) < 4.78 is 6.24. The molecule has 0 spiro atoms. The van der Waals surface area contributed by atoms with E-state index in [1.165, 1.54) is 10.9 Å². The lowest BCUT2D eigenvalue weighted by atomic mass is 10.2. The smallest absolute Gasteiger partial charge is 0.239 e. The van der Waals surface area contributed by atoms with E-state index in [1.54, 1.807) is 7.11 Å². The number of rotatable bonds is 5. The average Bonchev–Trinajstić information content (AvgIpc) is 2.51. The van der Waals surface area contributed by atoms with Crippen molar-refractivity contribution in [2.45, 2.75) is 12.6 Å². The van der Waals surface area contributed by atoms with Crippen LogP contribution >= 0.6 is 0 Å². The van der Waals surface area contributed by atoms with Gasteiger partial charge in [0.1, 0.15) is 6.54 Å². The van der Waals surface area contributed by atoms with Crippen molar-refractivity contribution in [2.24, 2.45) is 11.5 Å². The minimum atomic E-state index is -0.485. The van der Waals surface area contributed by atoms with E-state index in [9.17, 15) is 4.79 Å². The van der Waals surface area contributed by atoms with Gasteiger partial charge in [-0.25, -0.2) is 4.68 Å². The highest BCUT2D eigenvalue weighted by Crippen LogP contribution is 2.07. The second-order valence-corrected chi connectivity index (χ2v) is 2.84. The maximum Gasteiger partial charge on any atom is 0.239 e. The molecule has 0 saturated heterocycles. The van der Waals surface area contributed by atoms with Crippen LogP contribution in [0.4, 0.5) is 0 Å². The van der Waals surface area contributed by atoms with Gasteiger partial charge in [-0.1, -0.05) is 5.21 Å². The summed E-state index contributed by atoms with van der Waals surface area (Å²) >= 11 is 0. The van der Waals surface area contributed by atoms with E-state index >= 15 is 0 Å². The van der Waals surface area contributed by atoms with Crippen LogP contribution in [0.5, 0.6) is 0 Å².